The third-order valence-electron chi connectivity index (χ3n) is 4.09. The van der Waals surface area contributed by atoms with Crippen molar-refractivity contribution < 1.29 is 0 Å². The first-order chi connectivity index (χ1) is 8.85. The molecule has 0 aliphatic rings. The highest BCUT2D eigenvalue weighted by molar-refractivity contribution is 4.82. The second-order valence-corrected chi connectivity index (χ2v) is 6.77. The van der Waals surface area contributed by atoms with E-state index in [0.717, 1.165) is 32.1 Å². The molecular weight excluding hydrogens is 234 g/mol. The normalized spacial score (nSPS) is 12.9. The highest BCUT2D eigenvalue weighted by Crippen LogP contribution is 2.26. The smallest absolute Gasteiger partial charge is 0.0106 e. The second kappa shape index (κ2) is 9.73. The van der Waals surface area contributed by atoms with Crippen LogP contribution in [0.5, 0.6) is 0 Å². The van der Waals surface area contributed by atoms with Gasteiger partial charge in [0.25, 0.3) is 0 Å². The van der Waals surface area contributed by atoms with Gasteiger partial charge in [-0.3, -0.25) is 0 Å². The molecule has 0 unspecified atom stereocenters. The van der Waals surface area contributed by atoms with Crippen LogP contribution in [0.2, 0.25) is 0 Å². The lowest BCUT2D eigenvalue weighted by molar-refractivity contribution is 0.147. The van der Waals surface area contributed by atoms with Gasteiger partial charge in [-0.25, -0.2) is 0 Å². The molecule has 0 bridgehead atoms. The number of nitrogens with one attached hydrogen (secondary N) is 1. The Morgan fingerprint density at radius 1 is 1.00 bits per heavy atom. The Kier molecular flexibility index (Phi) is 9.67. The molecule has 0 fully saturated rings. The van der Waals surface area contributed by atoms with Crippen LogP contribution in [0.3, 0.4) is 0 Å². The molecule has 1 N–H and O–H groups in total. The summed E-state index contributed by atoms with van der Waals surface area (Å²) in [5, 5.41) is 3.66. The molecule has 0 heterocycles. The van der Waals surface area contributed by atoms with E-state index in [1.54, 1.807) is 0 Å². The maximum absolute atomic E-state index is 3.66. The van der Waals surface area contributed by atoms with E-state index in [0.29, 0.717) is 5.41 Å². The molecule has 116 valence electrons. The summed E-state index contributed by atoms with van der Waals surface area (Å²) in [5.74, 6) is 0.734. The minimum absolute atomic E-state index is 0.427. The van der Waals surface area contributed by atoms with Crippen molar-refractivity contribution in [1.82, 2.24) is 15.1 Å². The van der Waals surface area contributed by atoms with Gasteiger partial charge in [-0.1, -0.05) is 27.7 Å². The van der Waals surface area contributed by atoms with Crippen LogP contribution in [0, 0.1) is 11.3 Å². The van der Waals surface area contributed by atoms with Crippen molar-refractivity contribution in [3.63, 3.8) is 0 Å². The summed E-state index contributed by atoms with van der Waals surface area (Å²) in [5.41, 5.74) is 0.427. The van der Waals surface area contributed by atoms with Crippen molar-refractivity contribution in [3.05, 3.63) is 0 Å². The first-order valence-electron chi connectivity index (χ1n) is 7.89. The third kappa shape index (κ3) is 8.61. The predicted molar refractivity (Wildman–Crippen MR) is 86.8 cm³/mol. The average Bonchev–Trinajstić information content (AvgIpc) is 2.34. The summed E-state index contributed by atoms with van der Waals surface area (Å²) in [6, 6.07) is 0. The van der Waals surface area contributed by atoms with Crippen molar-refractivity contribution in [2.75, 3.05) is 53.9 Å². The summed E-state index contributed by atoms with van der Waals surface area (Å²) in [7, 11) is 6.54. The molecule has 0 aromatic rings. The molecule has 3 heteroatoms. The van der Waals surface area contributed by atoms with Crippen LogP contribution in [-0.2, 0) is 0 Å². The van der Waals surface area contributed by atoms with E-state index in [4.69, 9.17) is 0 Å². The maximum atomic E-state index is 3.66. The van der Waals surface area contributed by atoms with Gasteiger partial charge in [-0.15, -0.1) is 0 Å². The van der Waals surface area contributed by atoms with Crippen LogP contribution in [0.4, 0.5) is 0 Å². The van der Waals surface area contributed by atoms with Crippen LogP contribution in [0.15, 0.2) is 0 Å². The van der Waals surface area contributed by atoms with Crippen LogP contribution in [0.1, 0.15) is 40.5 Å². The molecular formula is C16H37N3. The Labute approximate surface area is 121 Å². The summed E-state index contributed by atoms with van der Waals surface area (Å²) in [6.07, 6.45) is 2.50. The minimum atomic E-state index is 0.427. The van der Waals surface area contributed by atoms with E-state index in [9.17, 15) is 0 Å². The fraction of sp³-hybridized carbons (Fsp3) is 1.00. The molecule has 0 spiro atoms. The number of nitrogens with zero attached hydrogens (tertiary/aromatic N) is 2. The lowest BCUT2D eigenvalue weighted by atomic mass is 9.81. The van der Waals surface area contributed by atoms with Gasteiger partial charge in [0.2, 0.25) is 0 Å². The van der Waals surface area contributed by atoms with Gasteiger partial charge in [-0.05, 0) is 51.9 Å². The zero-order chi connectivity index (χ0) is 14.9. The third-order valence-corrected chi connectivity index (χ3v) is 4.09. The maximum Gasteiger partial charge on any atom is 0.0106 e. The molecule has 0 aliphatic carbocycles. The molecule has 0 aromatic heterocycles. The largest absolute Gasteiger partial charge is 0.316 e. The quantitative estimate of drug-likeness (QED) is 0.623. The number of hydrogen-bond donors (Lipinski definition) is 1. The van der Waals surface area contributed by atoms with Gasteiger partial charge in [0.15, 0.2) is 0 Å². The van der Waals surface area contributed by atoms with Gasteiger partial charge < -0.3 is 15.1 Å². The van der Waals surface area contributed by atoms with Crippen LogP contribution >= 0.6 is 0 Å². The van der Waals surface area contributed by atoms with Gasteiger partial charge in [0.1, 0.15) is 0 Å². The molecule has 3 nitrogen and oxygen atoms in total. The van der Waals surface area contributed by atoms with E-state index in [1.807, 2.05) is 0 Å². The van der Waals surface area contributed by atoms with Crippen molar-refractivity contribution in [3.8, 4) is 0 Å². The van der Waals surface area contributed by atoms with Crippen molar-refractivity contribution in [2.24, 2.45) is 11.3 Å². The number of hydrogen-bond acceptors (Lipinski definition) is 3. The van der Waals surface area contributed by atoms with Crippen molar-refractivity contribution in [1.29, 1.82) is 0 Å². The van der Waals surface area contributed by atoms with Crippen molar-refractivity contribution >= 4 is 0 Å². The van der Waals surface area contributed by atoms with E-state index in [1.165, 1.54) is 19.4 Å². The van der Waals surface area contributed by atoms with Crippen LogP contribution in [-0.4, -0.2) is 63.7 Å². The molecule has 0 atom stereocenters. The number of rotatable bonds is 11. The van der Waals surface area contributed by atoms with Crippen molar-refractivity contribution in [2.45, 2.75) is 40.5 Å². The van der Waals surface area contributed by atoms with E-state index >= 15 is 0 Å². The average molecular weight is 271 g/mol. The van der Waals surface area contributed by atoms with Gasteiger partial charge in [0.05, 0.1) is 0 Å². The Bertz CT molecular complexity index is 210. The first-order valence-corrected chi connectivity index (χ1v) is 7.89. The lowest BCUT2D eigenvalue weighted by Gasteiger charge is -2.36. The summed E-state index contributed by atoms with van der Waals surface area (Å²) < 4.78 is 0. The molecule has 19 heavy (non-hydrogen) atoms. The molecule has 0 amide bonds. The Morgan fingerprint density at radius 2 is 1.58 bits per heavy atom. The fourth-order valence-corrected chi connectivity index (χ4v) is 2.43. The van der Waals surface area contributed by atoms with Gasteiger partial charge >= 0.3 is 0 Å². The standard InChI is InChI=1S/C16H37N3/c1-8-16(9-2,13-17-12-15(3)4)14-19(7)11-10-18(5)6/h15,17H,8-14H2,1-7H3. The molecule has 0 saturated carbocycles. The molecule has 0 aromatic carbocycles. The molecule has 0 radical (unpaired) electrons. The highest BCUT2D eigenvalue weighted by atomic mass is 15.2. The molecule has 0 aliphatic heterocycles. The Morgan fingerprint density at radius 3 is 2.00 bits per heavy atom. The predicted octanol–water partition coefficient (Wildman–Crippen LogP) is 2.53. The van der Waals surface area contributed by atoms with E-state index < -0.39 is 0 Å². The zero-order valence-electron chi connectivity index (χ0n) is 14.4. The van der Waals surface area contributed by atoms with Crippen LogP contribution in [0.25, 0.3) is 0 Å². The lowest BCUT2D eigenvalue weighted by Crippen LogP contribution is -2.44. The number of likely N-dealkylation sites (N-methyl/N-ethyl adjacent to an activating group) is 2. The van der Waals surface area contributed by atoms with Gasteiger partial charge in [0, 0.05) is 26.2 Å². The summed E-state index contributed by atoms with van der Waals surface area (Å²) >= 11 is 0. The highest BCUT2D eigenvalue weighted by Gasteiger charge is 2.27. The van der Waals surface area contributed by atoms with E-state index in [2.05, 4.69) is 64.0 Å². The second-order valence-electron chi connectivity index (χ2n) is 6.77. The molecule has 0 saturated heterocycles. The Hall–Kier alpha value is -0.120. The topological polar surface area (TPSA) is 18.5 Å². The molecule has 0 rings (SSSR count). The minimum Gasteiger partial charge on any atom is -0.316 e. The Balaban J connectivity index is 4.27. The summed E-state index contributed by atoms with van der Waals surface area (Å²) in [4.78, 5) is 4.75. The fourth-order valence-electron chi connectivity index (χ4n) is 2.43. The first kappa shape index (κ1) is 18.9. The zero-order valence-corrected chi connectivity index (χ0v) is 14.4. The monoisotopic (exact) mass is 271 g/mol. The summed E-state index contributed by atoms with van der Waals surface area (Å²) in [6.45, 7) is 15.0. The SMILES string of the molecule is CCC(CC)(CNCC(C)C)CN(C)CCN(C)C. The van der Waals surface area contributed by atoms with E-state index in [-0.39, 0.29) is 0 Å². The van der Waals surface area contributed by atoms with Gasteiger partial charge in [-0.2, -0.15) is 0 Å². The van der Waals surface area contributed by atoms with Crippen LogP contribution < -0.4 is 5.32 Å².